The first-order chi connectivity index (χ1) is 9.19. The van der Waals surface area contributed by atoms with Crippen LogP contribution in [0, 0.1) is 23.1 Å². The van der Waals surface area contributed by atoms with Gasteiger partial charge in [-0.25, -0.2) is 4.39 Å². The molecule has 0 spiro atoms. The zero-order valence-electron chi connectivity index (χ0n) is 10.5. The number of ether oxygens (including phenoxy) is 1. The van der Waals surface area contributed by atoms with E-state index >= 15 is 0 Å². The highest BCUT2D eigenvalue weighted by molar-refractivity contribution is 5.94. The molecule has 5 heteroatoms. The molecule has 19 heavy (non-hydrogen) atoms. The van der Waals surface area contributed by atoms with E-state index in [1.165, 1.54) is 6.07 Å². The summed E-state index contributed by atoms with van der Waals surface area (Å²) in [4.78, 5) is 11.9. The van der Waals surface area contributed by atoms with Crippen LogP contribution in [0.3, 0.4) is 0 Å². The summed E-state index contributed by atoms with van der Waals surface area (Å²) in [5.41, 5.74) is 0.319. The van der Waals surface area contributed by atoms with Crippen LogP contribution in [0.4, 0.5) is 4.39 Å². The first-order valence-corrected chi connectivity index (χ1v) is 6.25. The number of nitrogens with zero attached hydrogens (tertiary/aromatic N) is 1. The van der Waals surface area contributed by atoms with Gasteiger partial charge in [-0.3, -0.25) is 4.79 Å². The minimum Gasteiger partial charge on any atom is -0.381 e. The number of rotatable bonds is 3. The van der Waals surface area contributed by atoms with E-state index < -0.39 is 5.82 Å². The van der Waals surface area contributed by atoms with Crippen molar-refractivity contribution in [3.8, 4) is 6.07 Å². The van der Waals surface area contributed by atoms with Gasteiger partial charge in [-0.15, -0.1) is 0 Å². The van der Waals surface area contributed by atoms with Gasteiger partial charge in [-0.2, -0.15) is 5.26 Å². The maximum atomic E-state index is 13.2. The van der Waals surface area contributed by atoms with Crippen molar-refractivity contribution in [2.45, 2.75) is 12.8 Å². The molecule has 4 nitrogen and oxygen atoms in total. The Morgan fingerprint density at radius 1 is 1.53 bits per heavy atom. The molecule has 1 aliphatic rings. The maximum absolute atomic E-state index is 13.2. The maximum Gasteiger partial charge on any atom is 0.251 e. The van der Waals surface area contributed by atoms with Gasteiger partial charge in [0.1, 0.15) is 5.82 Å². The molecule has 2 rings (SSSR count). The number of nitrogens with one attached hydrogen (secondary N) is 1. The fourth-order valence-corrected chi connectivity index (χ4v) is 2.09. The highest BCUT2D eigenvalue weighted by Crippen LogP contribution is 2.13. The molecule has 0 radical (unpaired) electrons. The molecular formula is C14H15FN2O2. The molecule has 1 fully saturated rings. The number of nitriles is 1. The Hall–Kier alpha value is -1.93. The van der Waals surface area contributed by atoms with Gasteiger partial charge in [0, 0.05) is 18.7 Å². The van der Waals surface area contributed by atoms with Crippen LogP contribution in [0.2, 0.25) is 0 Å². The van der Waals surface area contributed by atoms with E-state index in [4.69, 9.17) is 10.00 Å². The van der Waals surface area contributed by atoms with Crippen LogP contribution >= 0.6 is 0 Å². The van der Waals surface area contributed by atoms with Crippen LogP contribution in [0.1, 0.15) is 28.8 Å². The molecule has 1 atom stereocenters. The Labute approximate surface area is 111 Å². The van der Waals surface area contributed by atoms with Crippen molar-refractivity contribution in [1.29, 1.82) is 5.26 Å². The van der Waals surface area contributed by atoms with Gasteiger partial charge in [0.2, 0.25) is 0 Å². The van der Waals surface area contributed by atoms with E-state index in [-0.39, 0.29) is 17.0 Å². The molecule has 1 aromatic carbocycles. The number of hydrogen-bond acceptors (Lipinski definition) is 3. The van der Waals surface area contributed by atoms with E-state index in [0.29, 0.717) is 19.1 Å². The largest absolute Gasteiger partial charge is 0.381 e. The molecule has 1 unspecified atom stereocenters. The third-order valence-electron chi connectivity index (χ3n) is 3.09. The fraction of sp³-hybridized carbons (Fsp3) is 0.429. The number of carbonyl (C=O) groups excluding carboxylic acids is 1. The molecule has 0 aliphatic carbocycles. The molecule has 0 saturated carbocycles. The second-order valence-corrected chi connectivity index (χ2v) is 4.63. The molecule has 1 aliphatic heterocycles. The quantitative estimate of drug-likeness (QED) is 0.904. The first-order valence-electron chi connectivity index (χ1n) is 6.25. The van der Waals surface area contributed by atoms with Crippen LogP contribution in [-0.4, -0.2) is 25.7 Å². The lowest BCUT2D eigenvalue weighted by Crippen LogP contribution is -2.33. The molecule has 100 valence electrons. The van der Waals surface area contributed by atoms with Crippen molar-refractivity contribution in [1.82, 2.24) is 5.32 Å². The number of hydrogen-bond donors (Lipinski definition) is 1. The Morgan fingerprint density at radius 3 is 3.05 bits per heavy atom. The smallest absolute Gasteiger partial charge is 0.251 e. The van der Waals surface area contributed by atoms with Gasteiger partial charge < -0.3 is 10.1 Å². The van der Waals surface area contributed by atoms with Gasteiger partial charge in [0.25, 0.3) is 5.91 Å². The van der Waals surface area contributed by atoms with E-state index in [1.807, 2.05) is 6.07 Å². The van der Waals surface area contributed by atoms with Crippen LogP contribution < -0.4 is 5.32 Å². The summed E-state index contributed by atoms with van der Waals surface area (Å²) >= 11 is 0. The summed E-state index contributed by atoms with van der Waals surface area (Å²) in [6, 6.07) is 5.45. The van der Waals surface area contributed by atoms with E-state index in [9.17, 15) is 9.18 Å². The van der Waals surface area contributed by atoms with E-state index in [1.54, 1.807) is 0 Å². The average molecular weight is 262 g/mol. The van der Waals surface area contributed by atoms with Crippen LogP contribution in [0.25, 0.3) is 0 Å². The molecule has 0 bridgehead atoms. The van der Waals surface area contributed by atoms with Crippen LogP contribution in [-0.2, 0) is 4.74 Å². The second kappa shape index (κ2) is 6.30. The van der Waals surface area contributed by atoms with Gasteiger partial charge in [0.05, 0.1) is 18.2 Å². The zero-order valence-corrected chi connectivity index (χ0v) is 10.5. The SMILES string of the molecule is N#Cc1cc(F)cc(C(=O)NCC2CCCOC2)c1. The minimum absolute atomic E-state index is 0.145. The van der Waals surface area contributed by atoms with Crippen molar-refractivity contribution in [2.24, 2.45) is 5.92 Å². The predicted octanol–water partition coefficient (Wildman–Crippen LogP) is 1.85. The Bertz CT molecular complexity index is 505. The Balaban J connectivity index is 1.95. The van der Waals surface area contributed by atoms with Crippen molar-refractivity contribution in [3.63, 3.8) is 0 Å². The highest BCUT2D eigenvalue weighted by atomic mass is 19.1. The third-order valence-corrected chi connectivity index (χ3v) is 3.09. The first kappa shape index (κ1) is 13.5. The summed E-state index contributed by atoms with van der Waals surface area (Å²) in [5.74, 6) is -0.631. The number of amides is 1. The van der Waals surface area contributed by atoms with Gasteiger partial charge >= 0.3 is 0 Å². The summed E-state index contributed by atoms with van der Waals surface area (Å²) in [6.07, 6.45) is 2.02. The third kappa shape index (κ3) is 3.76. The summed E-state index contributed by atoms with van der Waals surface area (Å²) in [5, 5.41) is 11.5. The summed E-state index contributed by atoms with van der Waals surface area (Å²) in [6.45, 7) is 1.93. The topological polar surface area (TPSA) is 62.1 Å². The lowest BCUT2D eigenvalue weighted by molar-refractivity contribution is 0.0536. The molecular weight excluding hydrogens is 247 g/mol. The van der Waals surface area contributed by atoms with Crippen LogP contribution in [0.15, 0.2) is 18.2 Å². The van der Waals surface area contributed by atoms with Gasteiger partial charge in [-0.1, -0.05) is 0 Å². The monoisotopic (exact) mass is 262 g/mol. The molecule has 1 amide bonds. The van der Waals surface area contributed by atoms with Crippen molar-refractivity contribution in [2.75, 3.05) is 19.8 Å². The summed E-state index contributed by atoms with van der Waals surface area (Å²) < 4.78 is 18.5. The van der Waals surface area contributed by atoms with Gasteiger partial charge in [-0.05, 0) is 37.0 Å². The van der Waals surface area contributed by atoms with Gasteiger partial charge in [0.15, 0.2) is 0 Å². The average Bonchev–Trinajstić information content (AvgIpc) is 2.45. The summed E-state index contributed by atoms with van der Waals surface area (Å²) in [7, 11) is 0. The van der Waals surface area contributed by atoms with Crippen LogP contribution in [0.5, 0.6) is 0 Å². The zero-order chi connectivity index (χ0) is 13.7. The standard InChI is InChI=1S/C14H15FN2O2/c15-13-5-11(7-16)4-12(6-13)14(18)17-8-10-2-1-3-19-9-10/h4-6,10H,1-3,8-9H2,(H,17,18). The molecule has 1 aromatic rings. The van der Waals surface area contributed by atoms with Crippen molar-refractivity contribution >= 4 is 5.91 Å². The molecule has 1 saturated heterocycles. The Kier molecular flexibility index (Phi) is 4.48. The fourth-order valence-electron chi connectivity index (χ4n) is 2.09. The van der Waals surface area contributed by atoms with Crippen molar-refractivity contribution in [3.05, 3.63) is 35.1 Å². The number of benzene rings is 1. The lowest BCUT2D eigenvalue weighted by Gasteiger charge is -2.22. The second-order valence-electron chi connectivity index (χ2n) is 4.63. The minimum atomic E-state index is -0.579. The normalized spacial score (nSPS) is 18.6. The highest BCUT2D eigenvalue weighted by Gasteiger charge is 2.16. The van der Waals surface area contributed by atoms with Crippen molar-refractivity contribution < 1.29 is 13.9 Å². The van der Waals surface area contributed by atoms with E-state index in [0.717, 1.165) is 31.6 Å². The molecule has 1 heterocycles. The molecule has 0 aromatic heterocycles. The lowest BCUT2D eigenvalue weighted by atomic mass is 10.0. The Morgan fingerprint density at radius 2 is 2.37 bits per heavy atom. The number of carbonyl (C=O) groups is 1. The molecule has 1 N–H and O–H groups in total. The predicted molar refractivity (Wildman–Crippen MR) is 67.0 cm³/mol. The number of halogens is 1. The van der Waals surface area contributed by atoms with E-state index in [2.05, 4.69) is 5.32 Å².